The highest BCUT2D eigenvalue weighted by Gasteiger charge is 2.27. The quantitative estimate of drug-likeness (QED) is 0.425. The third kappa shape index (κ3) is 7.13. The Kier molecular flexibility index (Phi) is 9.19. The van der Waals surface area contributed by atoms with Gasteiger partial charge in [-0.2, -0.15) is 0 Å². The van der Waals surface area contributed by atoms with Crippen molar-refractivity contribution in [2.24, 2.45) is 11.8 Å². The van der Waals surface area contributed by atoms with Crippen LogP contribution in [-0.4, -0.2) is 18.0 Å². The van der Waals surface area contributed by atoms with Gasteiger partial charge in [-0.3, -0.25) is 9.59 Å². The number of benzene rings is 3. The van der Waals surface area contributed by atoms with E-state index in [0.717, 1.165) is 0 Å². The normalized spacial score (nSPS) is 11.0. The van der Waals surface area contributed by atoms with Crippen LogP contribution >= 0.6 is 0 Å². The molecule has 3 rings (SSSR count). The fourth-order valence-electron chi connectivity index (χ4n) is 2.86. The number of amides is 1. The van der Waals surface area contributed by atoms with E-state index < -0.39 is 11.8 Å². The number of carbonyl (C=O) groups excluding carboxylic acids is 3. The molecule has 0 radical (unpaired) electrons. The van der Waals surface area contributed by atoms with Crippen LogP contribution in [0.3, 0.4) is 0 Å². The predicted octanol–water partition coefficient (Wildman–Crippen LogP) is 5.41. The Morgan fingerprint density at radius 3 is 1.60 bits per heavy atom. The molecule has 4 nitrogen and oxygen atoms in total. The number of hydrogen-bond acceptors (Lipinski definition) is 3. The van der Waals surface area contributed by atoms with Gasteiger partial charge in [0.05, 0.1) is 0 Å². The van der Waals surface area contributed by atoms with Crippen molar-refractivity contribution in [1.82, 2.24) is 0 Å². The van der Waals surface area contributed by atoms with E-state index in [4.69, 9.17) is 0 Å². The molecule has 3 aromatic rings. The molecular weight excluding hydrogens is 374 g/mol. The summed E-state index contributed by atoms with van der Waals surface area (Å²) >= 11 is 0. The molecule has 1 unspecified atom stereocenters. The molecule has 0 fully saturated rings. The second-order valence-corrected chi connectivity index (χ2v) is 7.10. The van der Waals surface area contributed by atoms with Gasteiger partial charge in [0, 0.05) is 18.0 Å². The molecule has 1 atom stereocenters. The maximum Gasteiger partial charge on any atom is 0.235 e. The third-order valence-electron chi connectivity index (χ3n) is 4.48. The molecule has 4 heteroatoms. The fraction of sp³-hybridized carbons (Fsp3) is 0.192. The number of carbonyl (C=O) groups is 3. The van der Waals surface area contributed by atoms with Crippen molar-refractivity contribution in [3.63, 3.8) is 0 Å². The zero-order valence-electron chi connectivity index (χ0n) is 17.3. The zero-order valence-corrected chi connectivity index (χ0v) is 17.3. The Morgan fingerprint density at radius 2 is 1.20 bits per heavy atom. The maximum atomic E-state index is 12.0. The van der Waals surface area contributed by atoms with E-state index in [9.17, 15) is 14.4 Å². The molecule has 0 heterocycles. The highest BCUT2D eigenvalue weighted by Crippen LogP contribution is 2.17. The van der Waals surface area contributed by atoms with E-state index in [1.807, 2.05) is 18.2 Å². The number of rotatable bonds is 7. The van der Waals surface area contributed by atoms with Crippen molar-refractivity contribution in [3.05, 3.63) is 91.0 Å². The van der Waals surface area contributed by atoms with Crippen LogP contribution in [-0.2, 0) is 14.4 Å². The molecule has 1 amide bonds. The molecule has 3 aromatic carbocycles. The van der Waals surface area contributed by atoms with Gasteiger partial charge in [0.1, 0.15) is 18.0 Å². The fourth-order valence-corrected chi connectivity index (χ4v) is 2.86. The van der Waals surface area contributed by atoms with Crippen molar-refractivity contribution in [3.8, 4) is 11.1 Å². The first-order valence-electron chi connectivity index (χ1n) is 9.96. The summed E-state index contributed by atoms with van der Waals surface area (Å²) in [5.74, 6) is -1.80. The van der Waals surface area contributed by atoms with Crippen LogP contribution in [0, 0.1) is 11.8 Å². The number of anilines is 1. The van der Waals surface area contributed by atoms with E-state index in [2.05, 4.69) is 53.8 Å². The summed E-state index contributed by atoms with van der Waals surface area (Å²) in [6, 6.07) is 29.6. The highest BCUT2D eigenvalue weighted by atomic mass is 16.2. The first kappa shape index (κ1) is 22.8. The summed E-state index contributed by atoms with van der Waals surface area (Å²) in [4.78, 5) is 34.4. The lowest BCUT2D eigenvalue weighted by Gasteiger charge is -2.15. The summed E-state index contributed by atoms with van der Waals surface area (Å²) in [5.41, 5.74) is 3.17. The van der Waals surface area contributed by atoms with Crippen molar-refractivity contribution in [2.45, 2.75) is 20.3 Å². The average Bonchev–Trinajstić information content (AvgIpc) is 2.79. The lowest BCUT2D eigenvalue weighted by Crippen LogP contribution is -2.32. The predicted molar refractivity (Wildman–Crippen MR) is 121 cm³/mol. The van der Waals surface area contributed by atoms with E-state index in [-0.39, 0.29) is 18.1 Å². The lowest BCUT2D eigenvalue weighted by atomic mass is 9.92. The maximum absolute atomic E-state index is 12.0. The molecule has 30 heavy (non-hydrogen) atoms. The molecule has 0 aliphatic rings. The summed E-state index contributed by atoms with van der Waals surface area (Å²) in [6.45, 7) is 3.44. The zero-order chi connectivity index (χ0) is 21.8. The molecule has 0 saturated heterocycles. The standard InChI is InChI=1S/C14H17NO3.C12H10/c1-10(2)13(17)12(8-9-16)14(18)15-11-6-4-3-5-7-11;1-3-7-11(8-4-1)12-9-5-2-6-10-12/h3-7,9-10,12H,8H2,1-2H3,(H,15,18);1-10H. The Balaban J connectivity index is 0.000000230. The molecular formula is C26H27NO3. The van der Waals surface area contributed by atoms with Gasteiger partial charge in [0.25, 0.3) is 0 Å². The first-order valence-corrected chi connectivity index (χ1v) is 9.96. The van der Waals surface area contributed by atoms with Crippen LogP contribution in [0.15, 0.2) is 91.0 Å². The summed E-state index contributed by atoms with van der Waals surface area (Å²) < 4.78 is 0. The molecule has 0 bridgehead atoms. The minimum absolute atomic E-state index is 0.0737. The van der Waals surface area contributed by atoms with Crippen LogP contribution < -0.4 is 5.32 Å². The molecule has 154 valence electrons. The highest BCUT2D eigenvalue weighted by molar-refractivity contribution is 6.08. The van der Waals surface area contributed by atoms with E-state index in [1.165, 1.54) is 11.1 Å². The average molecular weight is 402 g/mol. The number of aldehydes is 1. The monoisotopic (exact) mass is 401 g/mol. The van der Waals surface area contributed by atoms with E-state index >= 15 is 0 Å². The van der Waals surface area contributed by atoms with Gasteiger partial charge in [-0.15, -0.1) is 0 Å². The van der Waals surface area contributed by atoms with Crippen LogP contribution in [0.5, 0.6) is 0 Å². The van der Waals surface area contributed by atoms with Crippen LogP contribution in [0.25, 0.3) is 11.1 Å². The molecule has 0 aliphatic heterocycles. The molecule has 1 N–H and O–H groups in total. The summed E-state index contributed by atoms with van der Waals surface area (Å²) in [6.07, 6.45) is 0.533. The van der Waals surface area contributed by atoms with Crippen molar-refractivity contribution in [1.29, 1.82) is 0 Å². The van der Waals surface area contributed by atoms with Crippen LogP contribution in [0.2, 0.25) is 0 Å². The van der Waals surface area contributed by atoms with Gasteiger partial charge in [0.15, 0.2) is 0 Å². The Bertz CT molecular complexity index is 885. The smallest absolute Gasteiger partial charge is 0.235 e. The topological polar surface area (TPSA) is 63.2 Å². The molecule has 0 spiro atoms. The van der Waals surface area contributed by atoms with Gasteiger partial charge < -0.3 is 10.1 Å². The largest absolute Gasteiger partial charge is 0.325 e. The minimum atomic E-state index is -0.900. The summed E-state index contributed by atoms with van der Waals surface area (Å²) in [5, 5.41) is 2.64. The van der Waals surface area contributed by atoms with E-state index in [0.29, 0.717) is 12.0 Å². The van der Waals surface area contributed by atoms with Crippen molar-refractivity contribution >= 4 is 23.7 Å². The van der Waals surface area contributed by atoms with Crippen molar-refractivity contribution < 1.29 is 14.4 Å². The molecule has 0 aromatic heterocycles. The van der Waals surface area contributed by atoms with Crippen LogP contribution in [0.4, 0.5) is 5.69 Å². The molecule has 0 aliphatic carbocycles. The lowest BCUT2D eigenvalue weighted by molar-refractivity contribution is -0.134. The van der Waals surface area contributed by atoms with Gasteiger partial charge in [-0.25, -0.2) is 0 Å². The van der Waals surface area contributed by atoms with Gasteiger partial charge in [-0.05, 0) is 23.3 Å². The first-order chi connectivity index (χ1) is 14.5. The van der Waals surface area contributed by atoms with Gasteiger partial charge in [-0.1, -0.05) is 92.7 Å². The number of para-hydroxylation sites is 1. The van der Waals surface area contributed by atoms with Crippen LogP contribution in [0.1, 0.15) is 20.3 Å². The Hall–Kier alpha value is -3.53. The van der Waals surface area contributed by atoms with Gasteiger partial charge >= 0.3 is 0 Å². The number of Topliss-reactive ketones (excluding diaryl/α,β-unsaturated/α-hetero) is 1. The summed E-state index contributed by atoms with van der Waals surface area (Å²) in [7, 11) is 0. The van der Waals surface area contributed by atoms with E-state index in [1.54, 1.807) is 38.1 Å². The number of hydrogen-bond donors (Lipinski definition) is 1. The number of ketones is 1. The second-order valence-electron chi connectivity index (χ2n) is 7.10. The Labute approximate surface area is 178 Å². The van der Waals surface area contributed by atoms with Crippen molar-refractivity contribution in [2.75, 3.05) is 5.32 Å². The SMILES string of the molecule is CC(C)C(=O)C(CC=O)C(=O)Nc1ccccc1.c1ccc(-c2ccccc2)cc1. The minimum Gasteiger partial charge on any atom is -0.325 e. The Morgan fingerprint density at radius 1 is 0.767 bits per heavy atom. The van der Waals surface area contributed by atoms with Gasteiger partial charge in [0.2, 0.25) is 5.91 Å². The second kappa shape index (κ2) is 12.1. The molecule has 0 saturated carbocycles. The number of nitrogens with one attached hydrogen (secondary N) is 1. The third-order valence-corrected chi connectivity index (χ3v) is 4.48.